The molecule has 1 aliphatic rings. The van der Waals surface area contributed by atoms with E-state index in [2.05, 4.69) is 103 Å². The average Bonchev–Trinajstić information content (AvgIpc) is 3.01. The third kappa shape index (κ3) is 2.86. The minimum atomic E-state index is 0.0254. The number of aromatic nitrogens is 1. The number of rotatable bonds is 2. The van der Waals surface area contributed by atoms with Crippen LogP contribution >= 0.6 is 0 Å². The van der Waals surface area contributed by atoms with Crippen molar-refractivity contribution in [2.24, 2.45) is 0 Å². The Morgan fingerprint density at radius 1 is 0.720 bits per heavy atom. The molecule has 0 spiro atoms. The van der Waals surface area contributed by atoms with Crippen LogP contribution in [0.1, 0.15) is 26.5 Å². The molecule has 2 aromatic carbocycles. The third-order valence-electron chi connectivity index (χ3n) is 4.59. The summed E-state index contributed by atoms with van der Waals surface area (Å²) in [5.74, 6) is 1.03. The summed E-state index contributed by atoms with van der Waals surface area (Å²) in [4.78, 5) is 9.65. The molecular weight excluding hydrogens is 306 g/mol. The smallest absolute Gasteiger partial charge is 0.158 e. The Bertz CT molecular complexity index is 867. The highest BCUT2D eigenvalue weighted by atomic mass is 15.4. The highest BCUT2D eigenvalue weighted by molar-refractivity contribution is 5.84. The van der Waals surface area contributed by atoms with Gasteiger partial charge in [-0.25, -0.2) is 4.98 Å². The lowest BCUT2D eigenvalue weighted by molar-refractivity contribution is 0.569. The maximum absolute atomic E-state index is 5.04. The van der Waals surface area contributed by atoms with Gasteiger partial charge in [-0.15, -0.1) is 0 Å². The van der Waals surface area contributed by atoms with Gasteiger partial charge in [-0.05, 0) is 36.4 Å². The van der Waals surface area contributed by atoms with E-state index in [1.54, 1.807) is 0 Å². The zero-order valence-corrected chi connectivity index (χ0v) is 15.0. The minimum Gasteiger partial charge on any atom is -0.320 e. The van der Waals surface area contributed by atoms with E-state index in [1.165, 1.54) is 11.4 Å². The summed E-state index contributed by atoms with van der Waals surface area (Å²) in [5, 5.41) is 0. The molecule has 0 radical (unpaired) electrons. The van der Waals surface area contributed by atoms with E-state index in [0.717, 1.165) is 23.9 Å². The Balaban J connectivity index is 1.85. The van der Waals surface area contributed by atoms with Gasteiger partial charge in [0.15, 0.2) is 5.82 Å². The molecular formula is C22H23N3. The molecule has 0 fully saturated rings. The molecule has 25 heavy (non-hydrogen) atoms. The number of para-hydroxylation sites is 2. The van der Waals surface area contributed by atoms with E-state index >= 15 is 0 Å². The molecule has 3 aromatic rings. The molecule has 1 aliphatic heterocycles. The number of fused-ring (bicyclic) bond motifs is 1. The third-order valence-corrected chi connectivity index (χ3v) is 4.59. The molecule has 0 amide bonds. The highest BCUT2D eigenvalue weighted by Crippen LogP contribution is 2.43. The highest BCUT2D eigenvalue weighted by Gasteiger charge is 2.31. The zero-order chi connectivity index (χ0) is 17.4. The summed E-state index contributed by atoms with van der Waals surface area (Å²) >= 11 is 0. The van der Waals surface area contributed by atoms with Crippen LogP contribution in [-0.4, -0.2) is 11.7 Å². The van der Waals surface area contributed by atoms with Crippen molar-refractivity contribution in [3.63, 3.8) is 0 Å². The fraction of sp³-hybridized carbons (Fsp3) is 0.227. The molecule has 126 valence electrons. The first-order valence-corrected chi connectivity index (χ1v) is 8.71. The van der Waals surface area contributed by atoms with Gasteiger partial charge >= 0.3 is 0 Å². The Morgan fingerprint density at radius 2 is 1.28 bits per heavy atom. The first kappa shape index (κ1) is 15.7. The van der Waals surface area contributed by atoms with E-state index in [9.17, 15) is 0 Å². The van der Waals surface area contributed by atoms with E-state index in [0.29, 0.717) is 0 Å². The van der Waals surface area contributed by atoms with Crippen LogP contribution in [0.5, 0.6) is 0 Å². The van der Waals surface area contributed by atoms with Gasteiger partial charge < -0.3 is 9.80 Å². The summed E-state index contributed by atoms with van der Waals surface area (Å²) < 4.78 is 0. The monoisotopic (exact) mass is 329 g/mol. The van der Waals surface area contributed by atoms with Crippen LogP contribution in [0.15, 0.2) is 72.8 Å². The van der Waals surface area contributed by atoms with Gasteiger partial charge in [-0.2, -0.15) is 0 Å². The van der Waals surface area contributed by atoms with Crippen LogP contribution < -0.4 is 9.80 Å². The molecule has 1 aromatic heterocycles. The quantitative estimate of drug-likeness (QED) is 0.607. The second-order valence-corrected chi connectivity index (χ2v) is 7.46. The summed E-state index contributed by atoms with van der Waals surface area (Å²) in [7, 11) is 0. The summed E-state index contributed by atoms with van der Waals surface area (Å²) in [6.07, 6.45) is 0. The molecule has 0 bridgehead atoms. The molecule has 0 atom stereocenters. The van der Waals surface area contributed by atoms with Crippen molar-refractivity contribution in [1.29, 1.82) is 0 Å². The number of hydrogen-bond acceptors (Lipinski definition) is 3. The fourth-order valence-corrected chi connectivity index (χ4v) is 3.19. The Morgan fingerprint density at radius 3 is 1.84 bits per heavy atom. The average molecular weight is 329 g/mol. The van der Waals surface area contributed by atoms with Crippen molar-refractivity contribution in [3.05, 3.63) is 78.5 Å². The van der Waals surface area contributed by atoms with Crippen LogP contribution in [0.4, 0.5) is 22.9 Å². The maximum atomic E-state index is 5.04. The molecule has 0 unspecified atom stereocenters. The lowest BCUT2D eigenvalue weighted by Crippen LogP contribution is -2.24. The summed E-state index contributed by atoms with van der Waals surface area (Å²) in [6, 6.07) is 25.4. The molecule has 0 saturated carbocycles. The van der Waals surface area contributed by atoms with Crippen molar-refractivity contribution in [1.82, 2.24) is 4.98 Å². The van der Waals surface area contributed by atoms with Crippen molar-refractivity contribution >= 4 is 22.9 Å². The summed E-state index contributed by atoms with van der Waals surface area (Å²) in [5.41, 5.74) is 4.65. The predicted molar refractivity (Wildman–Crippen MR) is 105 cm³/mol. The molecule has 3 heteroatoms. The molecule has 0 aliphatic carbocycles. The second-order valence-electron chi connectivity index (χ2n) is 7.46. The number of hydrogen-bond donors (Lipinski definition) is 0. The van der Waals surface area contributed by atoms with Crippen LogP contribution in [0.3, 0.4) is 0 Å². The van der Waals surface area contributed by atoms with Gasteiger partial charge in [0.1, 0.15) is 6.67 Å². The standard InChI is InChI=1S/C22H23N3/c1-22(2,3)20-15-14-19-21(23-20)25(18-12-8-5-9-13-18)16-24(19)17-10-6-4-7-11-17/h4-15H,16H2,1-3H3. The van der Waals surface area contributed by atoms with Crippen LogP contribution in [-0.2, 0) is 5.41 Å². The van der Waals surface area contributed by atoms with Gasteiger partial charge in [0.25, 0.3) is 0 Å². The van der Waals surface area contributed by atoms with E-state index < -0.39 is 0 Å². The van der Waals surface area contributed by atoms with Crippen LogP contribution in [0, 0.1) is 0 Å². The van der Waals surface area contributed by atoms with E-state index in [4.69, 9.17) is 4.98 Å². The largest absolute Gasteiger partial charge is 0.320 e. The van der Waals surface area contributed by atoms with Gasteiger partial charge in [0.2, 0.25) is 0 Å². The summed E-state index contributed by atoms with van der Waals surface area (Å²) in [6.45, 7) is 7.39. The van der Waals surface area contributed by atoms with Gasteiger partial charge in [0.05, 0.1) is 5.69 Å². The molecule has 2 heterocycles. The maximum Gasteiger partial charge on any atom is 0.158 e. The lowest BCUT2D eigenvalue weighted by atomic mass is 9.91. The van der Waals surface area contributed by atoms with Crippen molar-refractivity contribution in [2.75, 3.05) is 16.5 Å². The molecule has 4 rings (SSSR count). The SMILES string of the molecule is CC(C)(C)c1ccc2c(n1)N(c1ccccc1)CN2c1ccccc1. The Labute approximate surface area is 149 Å². The van der Waals surface area contributed by atoms with Gasteiger partial charge in [-0.3, -0.25) is 0 Å². The van der Waals surface area contributed by atoms with Crippen molar-refractivity contribution in [2.45, 2.75) is 26.2 Å². The van der Waals surface area contributed by atoms with Gasteiger partial charge in [-0.1, -0.05) is 57.2 Å². The number of pyridine rings is 1. The van der Waals surface area contributed by atoms with Crippen molar-refractivity contribution < 1.29 is 0 Å². The predicted octanol–water partition coefficient (Wildman–Crippen LogP) is 5.63. The van der Waals surface area contributed by atoms with Gasteiger partial charge in [0, 0.05) is 22.5 Å². The van der Waals surface area contributed by atoms with Crippen LogP contribution in [0.2, 0.25) is 0 Å². The lowest BCUT2D eigenvalue weighted by Gasteiger charge is -2.21. The molecule has 0 N–H and O–H groups in total. The zero-order valence-electron chi connectivity index (χ0n) is 15.0. The van der Waals surface area contributed by atoms with E-state index in [-0.39, 0.29) is 5.41 Å². The fourth-order valence-electron chi connectivity index (χ4n) is 3.19. The van der Waals surface area contributed by atoms with E-state index in [1.807, 2.05) is 0 Å². The minimum absolute atomic E-state index is 0.0254. The van der Waals surface area contributed by atoms with Crippen molar-refractivity contribution in [3.8, 4) is 0 Å². The normalized spacial score (nSPS) is 13.9. The molecule has 3 nitrogen and oxygen atoms in total. The first-order chi connectivity index (χ1) is 12.0. The van der Waals surface area contributed by atoms with Crippen LogP contribution in [0.25, 0.3) is 0 Å². The Hall–Kier alpha value is -2.81. The second kappa shape index (κ2) is 5.92. The first-order valence-electron chi connectivity index (χ1n) is 8.71. The molecule has 0 saturated heterocycles. The number of benzene rings is 2. The Kier molecular flexibility index (Phi) is 3.72. The topological polar surface area (TPSA) is 19.4 Å². The number of anilines is 4. The number of nitrogens with zero attached hydrogens (tertiary/aromatic N) is 3.